The summed E-state index contributed by atoms with van der Waals surface area (Å²) < 4.78 is 0. The molecule has 0 heterocycles. The number of nitrogens with one attached hydrogen (secondary N) is 1. The third-order valence-corrected chi connectivity index (χ3v) is 2.71. The Morgan fingerprint density at radius 1 is 1.10 bits per heavy atom. The predicted molar refractivity (Wildman–Crippen MR) is 71.7 cm³/mol. The minimum Gasteiger partial charge on any atom is -0.480 e. The molecule has 3 N–H and O–H groups in total. The number of aromatic carboxylic acids is 1. The van der Waals surface area contributed by atoms with Crippen molar-refractivity contribution in [3.05, 3.63) is 35.4 Å². The number of carbonyl (C=O) groups excluding carboxylic acids is 1. The van der Waals surface area contributed by atoms with Crippen molar-refractivity contribution in [1.82, 2.24) is 5.32 Å². The highest BCUT2D eigenvalue weighted by molar-refractivity contribution is 6.05. The van der Waals surface area contributed by atoms with Gasteiger partial charge < -0.3 is 15.5 Å². The summed E-state index contributed by atoms with van der Waals surface area (Å²) in [6.07, 6.45) is 0.274. The number of carboxylic acid groups (broad SMARTS) is 2. The summed E-state index contributed by atoms with van der Waals surface area (Å²) in [7, 11) is 0. The molecule has 1 rings (SSSR count). The Morgan fingerprint density at radius 3 is 2.10 bits per heavy atom. The van der Waals surface area contributed by atoms with Crippen LogP contribution in [0.25, 0.3) is 0 Å². The first-order valence-electron chi connectivity index (χ1n) is 6.19. The molecule has 1 atom stereocenters. The smallest absolute Gasteiger partial charge is 0.336 e. The lowest BCUT2D eigenvalue weighted by molar-refractivity contribution is -0.139. The highest BCUT2D eigenvalue weighted by Crippen LogP contribution is 2.11. The van der Waals surface area contributed by atoms with E-state index in [1.54, 1.807) is 0 Å². The fourth-order valence-corrected chi connectivity index (χ4v) is 1.80. The first-order valence-corrected chi connectivity index (χ1v) is 6.19. The van der Waals surface area contributed by atoms with E-state index in [1.165, 1.54) is 24.3 Å². The topological polar surface area (TPSA) is 104 Å². The van der Waals surface area contributed by atoms with Crippen LogP contribution in [0.3, 0.4) is 0 Å². The number of aliphatic carboxylic acids is 1. The van der Waals surface area contributed by atoms with Crippen LogP contribution in [-0.2, 0) is 4.79 Å². The van der Waals surface area contributed by atoms with E-state index in [0.717, 1.165) is 0 Å². The Labute approximate surface area is 116 Å². The standard InChI is InChI=1S/C14H17NO5/c1-8(2)7-11(14(19)20)15-12(16)9-5-3-4-6-10(9)13(17)18/h3-6,8,11H,7H2,1-2H3,(H,15,16)(H,17,18)(H,19,20)/t11-/m0/s1. The van der Waals surface area contributed by atoms with Gasteiger partial charge in [0.25, 0.3) is 5.91 Å². The van der Waals surface area contributed by atoms with Crippen LogP contribution < -0.4 is 5.32 Å². The molecule has 1 amide bonds. The Balaban J connectivity index is 2.95. The Kier molecular flexibility index (Phi) is 5.25. The normalized spacial score (nSPS) is 11.9. The van der Waals surface area contributed by atoms with E-state index in [2.05, 4.69) is 5.32 Å². The molecule has 1 aromatic carbocycles. The fourth-order valence-electron chi connectivity index (χ4n) is 1.80. The van der Waals surface area contributed by atoms with Gasteiger partial charge in [-0.05, 0) is 24.5 Å². The zero-order valence-electron chi connectivity index (χ0n) is 11.3. The maximum Gasteiger partial charge on any atom is 0.336 e. The largest absolute Gasteiger partial charge is 0.480 e. The van der Waals surface area contributed by atoms with Crippen molar-refractivity contribution < 1.29 is 24.6 Å². The van der Waals surface area contributed by atoms with Crippen molar-refractivity contribution in [2.75, 3.05) is 0 Å². The molecule has 0 spiro atoms. The van der Waals surface area contributed by atoms with Crippen LogP contribution in [0, 0.1) is 5.92 Å². The molecule has 0 saturated carbocycles. The number of carboxylic acids is 2. The second-order valence-electron chi connectivity index (χ2n) is 4.84. The van der Waals surface area contributed by atoms with Crippen LogP contribution in [0.4, 0.5) is 0 Å². The van der Waals surface area contributed by atoms with Crippen LogP contribution in [-0.4, -0.2) is 34.1 Å². The lowest BCUT2D eigenvalue weighted by atomic mass is 10.0. The molecule has 20 heavy (non-hydrogen) atoms. The van der Waals surface area contributed by atoms with Gasteiger partial charge in [0.1, 0.15) is 6.04 Å². The predicted octanol–water partition coefficient (Wildman–Crippen LogP) is 1.61. The van der Waals surface area contributed by atoms with Crippen molar-refractivity contribution >= 4 is 17.8 Å². The number of hydrogen-bond acceptors (Lipinski definition) is 3. The van der Waals surface area contributed by atoms with Gasteiger partial charge in [0.05, 0.1) is 11.1 Å². The summed E-state index contributed by atoms with van der Waals surface area (Å²) in [5.74, 6) is -2.98. The van der Waals surface area contributed by atoms with Crippen molar-refractivity contribution in [1.29, 1.82) is 0 Å². The molecule has 0 aliphatic heterocycles. The second-order valence-corrected chi connectivity index (χ2v) is 4.84. The number of rotatable bonds is 6. The van der Waals surface area contributed by atoms with Crippen LogP contribution >= 0.6 is 0 Å². The molecular formula is C14H17NO5. The summed E-state index contributed by atoms with van der Waals surface area (Å²) in [5, 5.41) is 20.4. The highest BCUT2D eigenvalue weighted by Gasteiger charge is 2.23. The van der Waals surface area contributed by atoms with E-state index in [1.807, 2.05) is 13.8 Å². The molecule has 0 fully saturated rings. The summed E-state index contributed by atoms with van der Waals surface area (Å²) in [6, 6.07) is 4.65. The summed E-state index contributed by atoms with van der Waals surface area (Å²) >= 11 is 0. The minimum atomic E-state index is -1.23. The lowest BCUT2D eigenvalue weighted by Gasteiger charge is -2.17. The second kappa shape index (κ2) is 6.70. The average molecular weight is 279 g/mol. The molecule has 0 radical (unpaired) electrons. The molecule has 1 aromatic rings. The highest BCUT2D eigenvalue weighted by atomic mass is 16.4. The van der Waals surface area contributed by atoms with E-state index in [-0.39, 0.29) is 23.5 Å². The Hall–Kier alpha value is -2.37. The first-order chi connectivity index (χ1) is 9.32. The van der Waals surface area contributed by atoms with Crippen LogP contribution in [0.5, 0.6) is 0 Å². The van der Waals surface area contributed by atoms with Crippen LogP contribution in [0.1, 0.15) is 41.0 Å². The molecule has 0 aliphatic carbocycles. The van der Waals surface area contributed by atoms with Crippen molar-refractivity contribution in [3.8, 4) is 0 Å². The number of carbonyl (C=O) groups is 3. The van der Waals surface area contributed by atoms with Gasteiger partial charge in [0.15, 0.2) is 0 Å². The van der Waals surface area contributed by atoms with Crippen molar-refractivity contribution in [2.45, 2.75) is 26.3 Å². The SMILES string of the molecule is CC(C)C[C@H](NC(=O)c1ccccc1C(=O)O)C(=O)O. The summed E-state index contributed by atoms with van der Waals surface area (Å²) in [4.78, 5) is 34.1. The molecule has 0 unspecified atom stereocenters. The quantitative estimate of drug-likeness (QED) is 0.734. The van der Waals surface area contributed by atoms with E-state index >= 15 is 0 Å². The Morgan fingerprint density at radius 2 is 1.65 bits per heavy atom. The van der Waals surface area contributed by atoms with Crippen LogP contribution in [0.15, 0.2) is 24.3 Å². The van der Waals surface area contributed by atoms with Gasteiger partial charge in [-0.15, -0.1) is 0 Å². The van der Waals surface area contributed by atoms with Gasteiger partial charge in [0, 0.05) is 0 Å². The maximum atomic E-state index is 12.0. The lowest BCUT2D eigenvalue weighted by Crippen LogP contribution is -2.42. The molecule has 108 valence electrons. The maximum absolute atomic E-state index is 12.0. The fraction of sp³-hybridized carbons (Fsp3) is 0.357. The minimum absolute atomic E-state index is 0.0463. The number of hydrogen-bond donors (Lipinski definition) is 3. The zero-order chi connectivity index (χ0) is 15.3. The number of amides is 1. The van der Waals surface area contributed by atoms with E-state index in [0.29, 0.717) is 0 Å². The van der Waals surface area contributed by atoms with E-state index in [4.69, 9.17) is 10.2 Å². The monoisotopic (exact) mass is 279 g/mol. The van der Waals surface area contributed by atoms with Crippen molar-refractivity contribution in [3.63, 3.8) is 0 Å². The van der Waals surface area contributed by atoms with Gasteiger partial charge in [-0.3, -0.25) is 4.79 Å². The van der Waals surface area contributed by atoms with Gasteiger partial charge in [-0.2, -0.15) is 0 Å². The van der Waals surface area contributed by atoms with Crippen LogP contribution in [0.2, 0.25) is 0 Å². The van der Waals surface area contributed by atoms with E-state index in [9.17, 15) is 14.4 Å². The van der Waals surface area contributed by atoms with Crippen molar-refractivity contribution in [2.24, 2.45) is 5.92 Å². The average Bonchev–Trinajstić information content (AvgIpc) is 2.37. The van der Waals surface area contributed by atoms with E-state index < -0.39 is 23.9 Å². The molecule has 0 saturated heterocycles. The zero-order valence-corrected chi connectivity index (χ0v) is 11.3. The summed E-state index contributed by atoms with van der Waals surface area (Å²) in [6.45, 7) is 3.68. The third kappa shape index (κ3) is 4.08. The third-order valence-electron chi connectivity index (χ3n) is 2.71. The molecule has 0 bridgehead atoms. The van der Waals surface area contributed by atoms with Gasteiger partial charge in [-0.25, -0.2) is 9.59 Å². The van der Waals surface area contributed by atoms with Gasteiger partial charge >= 0.3 is 11.9 Å². The van der Waals surface area contributed by atoms with Gasteiger partial charge in [0.2, 0.25) is 0 Å². The molecule has 6 heteroatoms. The first kappa shape index (κ1) is 15.7. The number of benzene rings is 1. The molecule has 0 aliphatic rings. The molecular weight excluding hydrogens is 262 g/mol. The summed E-state index contributed by atoms with van der Waals surface area (Å²) in [5.41, 5.74) is -0.200. The Bertz CT molecular complexity index is 524. The molecule has 0 aromatic heterocycles. The van der Waals surface area contributed by atoms with Gasteiger partial charge in [-0.1, -0.05) is 26.0 Å². The molecule has 6 nitrogen and oxygen atoms in total.